The summed E-state index contributed by atoms with van der Waals surface area (Å²) < 4.78 is 7.59. The molecule has 1 fully saturated rings. The number of rotatable bonds is 6. The number of para-hydroxylation sites is 1. The van der Waals surface area contributed by atoms with E-state index in [1.165, 1.54) is 5.56 Å². The van der Waals surface area contributed by atoms with E-state index < -0.39 is 0 Å². The fourth-order valence-electron chi connectivity index (χ4n) is 3.75. The van der Waals surface area contributed by atoms with Crippen LogP contribution in [0, 0.1) is 0 Å². The van der Waals surface area contributed by atoms with Crippen LogP contribution in [0.1, 0.15) is 23.0 Å². The summed E-state index contributed by atoms with van der Waals surface area (Å²) in [5, 5.41) is 12.8. The lowest BCUT2D eigenvalue weighted by atomic mass is 10.0. The second-order valence-electron chi connectivity index (χ2n) is 7.16. The first-order chi connectivity index (χ1) is 13.8. The van der Waals surface area contributed by atoms with Gasteiger partial charge < -0.3 is 9.64 Å². The number of aromatic nitrogens is 4. The fraction of sp³-hybridized carbons (Fsp3) is 0.381. The van der Waals surface area contributed by atoms with E-state index in [-0.39, 0.29) is 6.04 Å². The molecular formula is C21H26N6O. The van der Waals surface area contributed by atoms with Gasteiger partial charge in [0.2, 0.25) is 0 Å². The van der Waals surface area contributed by atoms with E-state index in [1.54, 1.807) is 7.11 Å². The summed E-state index contributed by atoms with van der Waals surface area (Å²) in [6, 6.07) is 18.4. The highest BCUT2D eigenvalue weighted by atomic mass is 16.5. The van der Waals surface area contributed by atoms with Crippen molar-refractivity contribution in [1.29, 1.82) is 0 Å². The van der Waals surface area contributed by atoms with Gasteiger partial charge in [0.15, 0.2) is 5.82 Å². The van der Waals surface area contributed by atoms with Crippen LogP contribution in [0.2, 0.25) is 0 Å². The van der Waals surface area contributed by atoms with Crippen molar-refractivity contribution in [3.8, 4) is 5.75 Å². The first-order valence-corrected chi connectivity index (χ1v) is 9.62. The highest BCUT2D eigenvalue weighted by Crippen LogP contribution is 2.34. The molecule has 146 valence electrons. The van der Waals surface area contributed by atoms with E-state index >= 15 is 0 Å². The quantitative estimate of drug-likeness (QED) is 0.654. The SMILES string of the molecule is COc1ccccc1C(c1nnnn1Cc1ccccc1)N1CCN(C)CC1. The average Bonchev–Trinajstić information content (AvgIpc) is 3.18. The number of nitrogens with zero attached hydrogens (tertiary/aromatic N) is 6. The Morgan fingerprint density at radius 2 is 1.68 bits per heavy atom. The predicted molar refractivity (Wildman–Crippen MR) is 107 cm³/mol. The Morgan fingerprint density at radius 1 is 0.964 bits per heavy atom. The molecule has 2 aromatic carbocycles. The molecule has 7 nitrogen and oxygen atoms in total. The third-order valence-corrected chi connectivity index (χ3v) is 5.32. The smallest absolute Gasteiger partial charge is 0.173 e. The van der Waals surface area contributed by atoms with Gasteiger partial charge in [-0.05, 0) is 29.1 Å². The molecule has 1 unspecified atom stereocenters. The number of benzene rings is 2. The van der Waals surface area contributed by atoms with Crippen LogP contribution >= 0.6 is 0 Å². The van der Waals surface area contributed by atoms with Gasteiger partial charge >= 0.3 is 0 Å². The van der Waals surface area contributed by atoms with Crippen molar-refractivity contribution in [2.45, 2.75) is 12.6 Å². The Bertz CT molecular complexity index is 889. The summed E-state index contributed by atoms with van der Waals surface area (Å²) in [5.74, 6) is 1.71. The molecule has 0 radical (unpaired) electrons. The minimum atomic E-state index is -0.0523. The van der Waals surface area contributed by atoms with Gasteiger partial charge in [-0.1, -0.05) is 48.5 Å². The second-order valence-corrected chi connectivity index (χ2v) is 7.16. The summed E-state index contributed by atoms with van der Waals surface area (Å²) in [7, 11) is 3.88. The Hall–Kier alpha value is -2.77. The maximum atomic E-state index is 5.68. The van der Waals surface area contributed by atoms with Crippen molar-refractivity contribution in [2.75, 3.05) is 40.3 Å². The van der Waals surface area contributed by atoms with Gasteiger partial charge in [0.25, 0.3) is 0 Å². The number of likely N-dealkylation sites (N-methyl/N-ethyl adjacent to an activating group) is 1. The molecule has 1 saturated heterocycles. The third kappa shape index (κ3) is 3.90. The molecule has 1 aliphatic heterocycles. The van der Waals surface area contributed by atoms with Crippen LogP contribution in [0.3, 0.4) is 0 Å². The van der Waals surface area contributed by atoms with Gasteiger partial charge in [-0.2, -0.15) is 0 Å². The van der Waals surface area contributed by atoms with Crippen LogP contribution in [0.15, 0.2) is 54.6 Å². The molecule has 1 aromatic heterocycles. The average molecular weight is 378 g/mol. The fourth-order valence-corrected chi connectivity index (χ4v) is 3.75. The Morgan fingerprint density at radius 3 is 2.43 bits per heavy atom. The summed E-state index contributed by atoms with van der Waals surface area (Å²) >= 11 is 0. The summed E-state index contributed by atoms with van der Waals surface area (Å²) in [6.45, 7) is 4.59. The summed E-state index contributed by atoms with van der Waals surface area (Å²) in [6.07, 6.45) is 0. The standard InChI is InChI=1S/C21H26N6O/c1-25-12-14-26(15-13-25)20(18-10-6-7-11-19(18)28-2)21-22-23-24-27(21)16-17-8-4-3-5-9-17/h3-11,20H,12-16H2,1-2H3. The minimum absolute atomic E-state index is 0.0523. The van der Waals surface area contributed by atoms with Crippen molar-refractivity contribution in [1.82, 2.24) is 30.0 Å². The van der Waals surface area contributed by atoms with Crippen molar-refractivity contribution in [3.05, 3.63) is 71.5 Å². The lowest BCUT2D eigenvalue weighted by Crippen LogP contribution is -2.46. The van der Waals surface area contributed by atoms with E-state index in [4.69, 9.17) is 4.74 Å². The van der Waals surface area contributed by atoms with Gasteiger partial charge in [0.05, 0.1) is 13.7 Å². The number of piperazine rings is 1. The minimum Gasteiger partial charge on any atom is -0.496 e. The van der Waals surface area contributed by atoms with E-state index in [9.17, 15) is 0 Å². The molecular weight excluding hydrogens is 352 g/mol. The molecule has 2 heterocycles. The third-order valence-electron chi connectivity index (χ3n) is 5.32. The maximum Gasteiger partial charge on any atom is 0.173 e. The molecule has 0 amide bonds. The van der Waals surface area contributed by atoms with E-state index in [2.05, 4.69) is 50.6 Å². The summed E-state index contributed by atoms with van der Waals surface area (Å²) in [4.78, 5) is 4.80. The first kappa shape index (κ1) is 18.6. The van der Waals surface area contributed by atoms with Crippen molar-refractivity contribution in [3.63, 3.8) is 0 Å². The molecule has 0 N–H and O–H groups in total. The molecule has 7 heteroatoms. The number of hydrogen-bond donors (Lipinski definition) is 0. The van der Waals surface area contributed by atoms with E-state index in [0.717, 1.165) is 43.3 Å². The van der Waals surface area contributed by atoms with Crippen LogP contribution in [0.4, 0.5) is 0 Å². The first-order valence-electron chi connectivity index (χ1n) is 9.62. The van der Waals surface area contributed by atoms with Gasteiger partial charge in [0.1, 0.15) is 11.8 Å². The zero-order valence-corrected chi connectivity index (χ0v) is 16.4. The molecule has 3 aromatic rings. The van der Waals surface area contributed by atoms with E-state index in [1.807, 2.05) is 41.1 Å². The molecule has 1 atom stereocenters. The Kier molecular flexibility index (Phi) is 5.64. The lowest BCUT2D eigenvalue weighted by molar-refractivity contribution is 0.120. The van der Waals surface area contributed by atoms with Crippen molar-refractivity contribution < 1.29 is 4.74 Å². The van der Waals surface area contributed by atoms with Crippen molar-refractivity contribution >= 4 is 0 Å². The predicted octanol–water partition coefficient (Wildman–Crippen LogP) is 2.07. The monoisotopic (exact) mass is 378 g/mol. The highest BCUT2D eigenvalue weighted by molar-refractivity contribution is 5.39. The highest BCUT2D eigenvalue weighted by Gasteiger charge is 2.31. The zero-order chi connectivity index (χ0) is 19.3. The molecule has 0 saturated carbocycles. The maximum absolute atomic E-state index is 5.68. The molecule has 0 spiro atoms. The van der Waals surface area contributed by atoms with Gasteiger partial charge in [-0.25, -0.2) is 4.68 Å². The molecule has 1 aliphatic rings. The summed E-state index contributed by atoms with van der Waals surface area (Å²) in [5.41, 5.74) is 2.27. The second kappa shape index (κ2) is 8.50. The van der Waals surface area contributed by atoms with Crippen LogP contribution in [0.5, 0.6) is 5.75 Å². The van der Waals surface area contributed by atoms with Crippen molar-refractivity contribution in [2.24, 2.45) is 0 Å². The molecule has 0 aliphatic carbocycles. The number of methoxy groups -OCH3 is 1. The van der Waals surface area contributed by atoms with Crippen LogP contribution in [-0.2, 0) is 6.54 Å². The van der Waals surface area contributed by atoms with Gasteiger partial charge in [-0.15, -0.1) is 5.10 Å². The van der Waals surface area contributed by atoms with Gasteiger partial charge in [-0.3, -0.25) is 4.90 Å². The van der Waals surface area contributed by atoms with Crippen LogP contribution in [0.25, 0.3) is 0 Å². The van der Waals surface area contributed by atoms with Crippen LogP contribution < -0.4 is 4.74 Å². The van der Waals surface area contributed by atoms with Crippen LogP contribution in [-0.4, -0.2) is 70.3 Å². The lowest BCUT2D eigenvalue weighted by Gasteiger charge is -2.37. The number of hydrogen-bond acceptors (Lipinski definition) is 6. The molecule has 28 heavy (non-hydrogen) atoms. The van der Waals surface area contributed by atoms with E-state index in [0.29, 0.717) is 6.54 Å². The molecule has 4 rings (SSSR count). The normalized spacial score (nSPS) is 16.8. The molecule has 0 bridgehead atoms. The topological polar surface area (TPSA) is 59.3 Å². The largest absolute Gasteiger partial charge is 0.496 e. The Balaban J connectivity index is 1.73. The number of ether oxygens (including phenoxy) is 1. The zero-order valence-electron chi connectivity index (χ0n) is 16.4. The number of tetrazole rings is 1. The Labute approximate surface area is 165 Å². The van der Waals surface area contributed by atoms with Gasteiger partial charge in [0, 0.05) is 31.7 Å².